The highest BCUT2D eigenvalue weighted by molar-refractivity contribution is 9.10. The van der Waals surface area contributed by atoms with Gasteiger partial charge in [0.2, 0.25) is 5.91 Å². The first-order valence-corrected chi connectivity index (χ1v) is 9.04. The molecule has 0 radical (unpaired) electrons. The zero-order chi connectivity index (χ0) is 19.3. The molecule has 0 aromatic heterocycles. The molecule has 0 unspecified atom stereocenters. The number of carbonyl (C=O) groups excluding carboxylic acids is 3. The van der Waals surface area contributed by atoms with E-state index in [0.717, 1.165) is 9.37 Å². The van der Waals surface area contributed by atoms with Crippen molar-refractivity contribution >= 4 is 50.6 Å². The number of amides is 3. The molecule has 136 valence electrons. The zero-order valence-corrected chi connectivity index (χ0v) is 16.2. The molecule has 6 nitrogen and oxygen atoms in total. The highest BCUT2D eigenvalue weighted by Crippen LogP contribution is 2.42. The molecule has 2 aromatic rings. The molecule has 7 heteroatoms. The van der Waals surface area contributed by atoms with Crippen LogP contribution in [0.1, 0.15) is 12.0 Å². The van der Waals surface area contributed by atoms with E-state index in [1.165, 1.54) is 12.0 Å². The number of nitrogens with zero attached hydrogens (tertiary/aromatic N) is 2. The number of likely N-dealkylation sites (N-methyl/N-ethyl adjacent to an activating group) is 1. The number of fused-ring (bicyclic) bond motifs is 1. The van der Waals surface area contributed by atoms with Crippen molar-refractivity contribution in [2.45, 2.75) is 6.42 Å². The Kier molecular flexibility index (Phi) is 4.11. The summed E-state index contributed by atoms with van der Waals surface area (Å²) in [4.78, 5) is 41.1. The molecule has 0 spiro atoms. The minimum absolute atomic E-state index is 0.114. The van der Waals surface area contributed by atoms with Gasteiger partial charge in [-0.3, -0.25) is 14.4 Å². The van der Waals surface area contributed by atoms with Crippen LogP contribution in [-0.2, 0) is 14.4 Å². The number of halogens is 1. The number of methoxy groups -OCH3 is 1. The van der Waals surface area contributed by atoms with Gasteiger partial charge in [-0.2, -0.15) is 0 Å². The average molecular weight is 427 g/mol. The van der Waals surface area contributed by atoms with E-state index in [2.05, 4.69) is 15.9 Å². The first-order valence-electron chi connectivity index (χ1n) is 8.25. The smallest absolute Gasteiger partial charge is 0.262 e. The Bertz CT molecular complexity index is 1040. The molecule has 0 atom stereocenters. The Morgan fingerprint density at radius 1 is 1.04 bits per heavy atom. The third kappa shape index (κ3) is 2.66. The van der Waals surface area contributed by atoms with Crippen molar-refractivity contribution in [3.63, 3.8) is 0 Å². The molecule has 0 bridgehead atoms. The largest absolute Gasteiger partial charge is 0.497 e. The number of rotatable bonds is 2. The van der Waals surface area contributed by atoms with E-state index in [1.807, 2.05) is 12.1 Å². The van der Waals surface area contributed by atoms with Crippen molar-refractivity contribution in [2.75, 3.05) is 24.0 Å². The lowest BCUT2D eigenvalue weighted by Gasteiger charge is -2.14. The number of anilines is 2. The number of hydrogen-bond donors (Lipinski definition) is 0. The molecule has 4 rings (SSSR count). The summed E-state index contributed by atoms with van der Waals surface area (Å²) in [6.45, 7) is 0. The lowest BCUT2D eigenvalue weighted by atomic mass is 10.00. The van der Waals surface area contributed by atoms with E-state index in [-0.39, 0.29) is 29.4 Å². The molecule has 0 N–H and O–H groups in total. The number of imide groups is 1. The molecule has 1 fully saturated rings. The van der Waals surface area contributed by atoms with Gasteiger partial charge in [-0.15, -0.1) is 0 Å². The van der Waals surface area contributed by atoms with Crippen LogP contribution in [0.25, 0.3) is 5.57 Å². The molecular weight excluding hydrogens is 412 g/mol. The summed E-state index contributed by atoms with van der Waals surface area (Å²) in [6, 6.07) is 12.2. The van der Waals surface area contributed by atoms with Crippen molar-refractivity contribution in [3.05, 3.63) is 58.1 Å². The third-order valence-corrected chi connectivity index (χ3v) is 5.25. The summed E-state index contributed by atoms with van der Waals surface area (Å²) in [6.07, 6.45) is -0.114. The number of hydrogen-bond acceptors (Lipinski definition) is 4. The van der Waals surface area contributed by atoms with E-state index < -0.39 is 5.91 Å². The highest BCUT2D eigenvalue weighted by Gasteiger charge is 2.42. The van der Waals surface area contributed by atoms with E-state index in [0.29, 0.717) is 22.7 Å². The molecular formula is C20H15BrN2O4. The second kappa shape index (κ2) is 6.35. The summed E-state index contributed by atoms with van der Waals surface area (Å²) in [7, 11) is 3.17. The quantitative estimate of drug-likeness (QED) is 0.546. The summed E-state index contributed by atoms with van der Waals surface area (Å²) in [5, 5.41) is 0. The fourth-order valence-electron chi connectivity index (χ4n) is 3.45. The van der Waals surface area contributed by atoms with Crippen LogP contribution in [0.3, 0.4) is 0 Å². The summed E-state index contributed by atoms with van der Waals surface area (Å²) in [5.41, 5.74) is 2.30. The minimum atomic E-state index is -0.474. The fourth-order valence-corrected chi connectivity index (χ4v) is 3.81. The van der Waals surface area contributed by atoms with Crippen LogP contribution in [0, 0.1) is 0 Å². The maximum atomic E-state index is 13.1. The van der Waals surface area contributed by atoms with Gasteiger partial charge in [-0.25, -0.2) is 4.90 Å². The number of carbonyl (C=O) groups is 3. The van der Waals surface area contributed by atoms with Gasteiger partial charge in [-0.1, -0.05) is 22.0 Å². The second-order valence-electron chi connectivity index (χ2n) is 6.29. The molecule has 1 saturated heterocycles. The Hall–Kier alpha value is -2.93. The summed E-state index contributed by atoms with van der Waals surface area (Å²) >= 11 is 3.40. The first-order chi connectivity index (χ1) is 12.9. The van der Waals surface area contributed by atoms with Crippen molar-refractivity contribution in [2.24, 2.45) is 0 Å². The van der Waals surface area contributed by atoms with Crippen LogP contribution in [0.2, 0.25) is 0 Å². The fraction of sp³-hybridized carbons (Fsp3) is 0.150. The molecule has 2 heterocycles. The Morgan fingerprint density at radius 2 is 1.81 bits per heavy atom. The Labute approximate surface area is 164 Å². The van der Waals surface area contributed by atoms with Crippen LogP contribution >= 0.6 is 15.9 Å². The molecule has 2 aliphatic heterocycles. The maximum Gasteiger partial charge on any atom is 0.262 e. The second-order valence-corrected chi connectivity index (χ2v) is 7.21. The van der Waals surface area contributed by atoms with Crippen molar-refractivity contribution < 1.29 is 19.1 Å². The SMILES string of the molecule is COc1cccc(N2C(=O)C/C(=C3/C(=O)N(C)c4ccc(Br)cc43)C2=O)c1. The van der Waals surface area contributed by atoms with Gasteiger partial charge in [-0.05, 0) is 30.3 Å². The third-order valence-electron chi connectivity index (χ3n) is 4.76. The average Bonchev–Trinajstić information content (AvgIpc) is 3.08. The highest BCUT2D eigenvalue weighted by atomic mass is 79.9. The monoisotopic (exact) mass is 426 g/mol. The topological polar surface area (TPSA) is 66.9 Å². The summed E-state index contributed by atoms with van der Waals surface area (Å²) < 4.78 is 5.97. The van der Waals surface area contributed by atoms with Crippen LogP contribution in [0.4, 0.5) is 11.4 Å². The van der Waals surface area contributed by atoms with Gasteiger partial charge < -0.3 is 9.64 Å². The van der Waals surface area contributed by atoms with Crippen molar-refractivity contribution in [1.29, 1.82) is 0 Å². The van der Waals surface area contributed by atoms with Crippen LogP contribution < -0.4 is 14.5 Å². The Morgan fingerprint density at radius 3 is 2.56 bits per heavy atom. The van der Waals surface area contributed by atoms with Gasteiger partial charge in [0.25, 0.3) is 11.8 Å². The van der Waals surface area contributed by atoms with Crippen molar-refractivity contribution in [3.8, 4) is 5.75 Å². The van der Waals surface area contributed by atoms with Gasteiger partial charge in [0.05, 0.1) is 30.5 Å². The first kappa shape index (κ1) is 17.5. The normalized spacial score (nSPS) is 19.1. The van der Waals surface area contributed by atoms with Crippen LogP contribution in [0.5, 0.6) is 5.75 Å². The molecule has 2 aromatic carbocycles. The van der Waals surface area contributed by atoms with Gasteiger partial charge in [0, 0.05) is 28.7 Å². The maximum absolute atomic E-state index is 13.1. The lowest BCUT2D eigenvalue weighted by Crippen LogP contribution is -2.29. The predicted octanol–water partition coefficient (Wildman–Crippen LogP) is 3.15. The van der Waals surface area contributed by atoms with E-state index in [1.54, 1.807) is 37.4 Å². The zero-order valence-electron chi connectivity index (χ0n) is 14.7. The minimum Gasteiger partial charge on any atom is -0.497 e. The van der Waals surface area contributed by atoms with E-state index in [9.17, 15) is 14.4 Å². The molecule has 27 heavy (non-hydrogen) atoms. The van der Waals surface area contributed by atoms with Gasteiger partial charge in [0.1, 0.15) is 5.75 Å². The standard InChI is InChI=1S/C20H15BrN2O4/c1-22-16-7-6-11(21)8-14(16)18(20(22)26)15-10-17(24)23(19(15)25)12-4-3-5-13(9-12)27-2/h3-9H,10H2,1-2H3/b18-15-. The molecule has 0 saturated carbocycles. The number of benzene rings is 2. The van der Waals surface area contributed by atoms with Gasteiger partial charge in [0.15, 0.2) is 0 Å². The van der Waals surface area contributed by atoms with E-state index in [4.69, 9.17) is 4.74 Å². The van der Waals surface area contributed by atoms with Crippen LogP contribution in [0.15, 0.2) is 52.5 Å². The molecule has 3 amide bonds. The predicted molar refractivity (Wildman–Crippen MR) is 105 cm³/mol. The lowest BCUT2D eigenvalue weighted by molar-refractivity contribution is -0.121. The van der Waals surface area contributed by atoms with Crippen LogP contribution in [-0.4, -0.2) is 31.9 Å². The Balaban J connectivity index is 1.84. The number of ether oxygens (including phenoxy) is 1. The molecule has 2 aliphatic rings. The molecule has 0 aliphatic carbocycles. The van der Waals surface area contributed by atoms with E-state index >= 15 is 0 Å². The summed E-state index contributed by atoms with van der Waals surface area (Å²) in [5.74, 6) is -0.584. The van der Waals surface area contributed by atoms with Gasteiger partial charge >= 0.3 is 0 Å². The van der Waals surface area contributed by atoms with Crippen molar-refractivity contribution in [1.82, 2.24) is 0 Å².